The van der Waals surface area contributed by atoms with Crippen LogP contribution in [0.3, 0.4) is 0 Å². The number of rotatable bonds is 3. The fraction of sp³-hybridized carbons (Fsp3) is 0.381. The molecule has 132 valence electrons. The van der Waals surface area contributed by atoms with Gasteiger partial charge in [-0.15, -0.1) is 0 Å². The quantitative estimate of drug-likeness (QED) is 0.933. The van der Waals surface area contributed by atoms with Crippen molar-refractivity contribution in [2.45, 2.75) is 39.5 Å². The molecule has 0 bridgehead atoms. The highest BCUT2D eigenvalue weighted by Gasteiger charge is 2.31. The van der Waals surface area contributed by atoms with E-state index in [0.717, 1.165) is 5.56 Å². The molecule has 0 radical (unpaired) electrons. The molecule has 4 nitrogen and oxygen atoms in total. The monoisotopic (exact) mass is 338 g/mol. The first kappa shape index (κ1) is 17.6. The highest BCUT2D eigenvalue weighted by molar-refractivity contribution is 5.94. The third kappa shape index (κ3) is 3.75. The molecule has 1 amide bonds. The van der Waals surface area contributed by atoms with E-state index in [1.807, 2.05) is 36.1 Å². The Morgan fingerprint density at radius 3 is 2.60 bits per heavy atom. The number of hydrogen-bond donors (Lipinski definition) is 1. The Morgan fingerprint density at radius 1 is 1.20 bits per heavy atom. The predicted octanol–water partition coefficient (Wildman–Crippen LogP) is 3.36. The molecular formula is C21H26N2O2. The maximum Gasteiger partial charge on any atom is 0.254 e. The van der Waals surface area contributed by atoms with Crippen LogP contribution >= 0.6 is 0 Å². The van der Waals surface area contributed by atoms with Crippen molar-refractivity contribution in [2.24, 2.45) is 5.73 Å². The first-order valence-corrected chi connectivity index (χ1v) is 8.78. The predicted molar refractivity (Wildman–Crippen MR) is 99.4 cm³/mol. The number of benzene rings is 2. The van der Waals surface area contributed by atoms with E-state index in [1.165, 1.54) is 16.7 Å². The van der Waals surface area contributed by atoms with Gasteiger partial charge in [-0.2, -0.15) is 0 Å². The van der Waals surface area contributed by atoms with Gasteiger partial charge < -0.3 is 15.4 Å². The number of aryl methyl sites for hydroxylation is 2. The van der Waals surface area contributed by atoms with Crippen LogP contribution in [0.15, 0.2) is 42.5 Å². The van der Waals surface area contributed by atoms with Crippen LogP contribution in [0.1, 0.15) is 45.6 Å². The van der Waals surface area contributed by atoms with Crippen molar-refractivity contribution in [3.05, 3.63) is 70.3 Å². The third-order valence-electron chi connectivity index (χ3n) is 4.91. The standard InChI is InChI=1S/C21H26N2O2/c1-14-4-5-15(2)19(10-14)20-12-23(16(3)13-25-20)21(24)18-8-6-17(11-22)7-9-18/h4-10,16,20H,11-13,22H2,1-3H3/t16-,20-/m0/s1. The minimum atomic E-state index is -0.0802. The largest absolute Gasteiger partial charge is 0.370 e. The third-order valence-corrected chi connectivity index (χ3v) is 4.91. The molecule has 3 rings (SSSR count). The molecule has 1 aliphatic heterocycles. The summed E-state index contributed by atoms with van der Waals surface area (Å²) in [5.41, 5.74) is 10.9. The van der Waals surface area contributed by atoms with Crippen LogP contribution in [0.25, 0.3) is 0 Å². The van der Waals surface area contributed by atoms with Gasteiger partial charge in [-0.1, -0.05) is 35.9 Å². The summed E-state index contributed by atoms with van der Waals surface area (Å²) in [6, 6.07) is 14.0. The van der Waals surface area contributed by atoms with Crippen LogP contribution in [0.4, 0.5) is 0 Å². The van der Waals surface area contributed by atoms with Crippen LogP contribution in [-0.2, 0) is 11.3 Å². The van der Waals surface area contributed by atoms with Gasteiger partial charge in [0, 0.05) is 12.1 Å². The summed E-state index contributed by atoms with van der Waals surface area (Å²) in [6.07, 6.45) is -0.0802. The normalized spacial score (nSPS) is 20.6. The Morgan fingerprint density at radius 2 is 1.92 bits per heavy atom. The van der Waals surface area contributed by atoms with E-state index >= 15 is 0 Å². The number of nitrogens with zero attached hydrogens (tertiary/aromatic N) is 1. The zero-order valence-corrected chi connectivity index (χ0v) is 15.2. The van der Waals surface area contributed by atoms with Gasteiger partial charge in [-0.3, -0.25) is 4.79 Å². The van der Waals surface area contributed by atoms with E-state index in [4.69, 9.17) is 10.5 Å². The molecule has 1 heterocycles. The molecule has 0 spiro atoms. The average molecular weight is 338 g/mol. The zero-order chi connectivity index (χ0) is 18.0. The zero-order valence-electron chi connectivity index (χ0n) is 15.2. The van der Waals surface area contributed by atoms with Gasteiger partial charge in [0.15, 0.2) is 0 Å². The van der Waals surface area contributed by atoms with Crippen LogP contribution in [-0.4, -0.2) is 30.0 Å². The van der Waals surface area contributed by atoms with E-state index in [9.17, 15) is 4.79 Å². The Labute approximate surface area is 149 Å². The van der Waals surface area contributed by atoms with Crippen LogP contribution in [0, 0.1) is 13.8 Å². The lowest BCUT2D eigenvalue weighted by molar-refractivity contribution is -0.0489. The molecule has 1 fully saturated rings. The van der Waals surface area contributed by atoms with Gasteiger partial charge in [0.1, 0.15) is 6.10 Å². The fourth-order valence-corrected chi connectivity index (χ4v) is 3.28. The smallest absolute Gasteiger partial charge is 0.254 e. The van der Waals surface area contributed by atoms with Crippen LogP contribution in [0.2, 0.25) is 0 Å². The van der Waals surface area contributed by atoms with Crippen molar-refractivity contribution >= 4 is 5.91 Å². The van der Waals surface area contributed by atoms with Crippen molar-refractivity contribution in [1.82, 2.24) is 4.90 Å². The maximum absolute atomic E-state index is 13.0. The Kier molecular flexibility index (Phi) is 5.21. The molecule has 0 aliphatic carbocycles. The summed E-state index contributed by atoms with van der Waals surface area (Å²) in [4.78, 5) is 14.9. The second-order valence-corrected chi connectivity index (χ2v) is 6.89. The van der Waals surface area contributed by atoms with Gasteiger partial charge in [-0.25, -0.2) is 0 Å². The number of amides is 1. The van der Waals surface area contributed by atoms with Gasteiger partial charge in [-0.05, 0) is 49.6 Å². The molecular weight excluding hydrogens is 312 g/mol. The van der Waals surface area contributed by atoms with Gasteiger partial charge in [0.05, 0.1) is 19.2 Å². The number of hydrogen-bond acceptors (Lipinski definition) is 3. The highest BCUT2D eigenvalue weighted by atomic mass is 16.5. The SMILES string of the molecule is Cc1ccc(C)c([C@@H]2CN(C(=O)c3ccc(CN)cc3)[C@@H](C)CO2)c1. The van der Waals surface area contributed by atoms with Gasteiger partial charge in [0.2, 0.25) is 0 Å². The summed E-state index contributed by atoms with van der Waals surface area (Å²) < 4.78 is 6.05. The summed E-state index contributed by atoms with van der Waals surface area (Å²) in [6.45, 7) is 7.81. The number of morpholine rings is 1. The number of carbonyl (C=O) groups excluding carboxylic acids is 1. The van der Waals surface area contributed by atoms with E-state index in [0.29, 0.717) is 25.3 Å². The first-order valence-electron chi connectivity index (χ1n) is 8.78. The summed E-state index contributed by atoms with van der Waals surface area (Å²) >= 11 is 0. The van der Waals surface area contributed by atoms with Crippen molar-refractivity contribution in [3.8, 4) is 0 Å². The lowest BCUT2D eigenvalue weighted by Gasteiger charge is -2.38. The van der Waals surface area contributed by atoms with Crippen molar-refractivity contribution in [1.29, 1.82) is 0 Å². The second kappa shape index (κ2) is 7.38. The number of carbonyl (C=O) groups is 1. The summed E-state index contributed by atoms with van der Waals surface area (Å²) in [5.74, 6) is 0.0506. The van der Waals surface area contributed by atoms with Gasteiger partial charge in [0.25, 0.3) is 5.91 Å². The van der Waals surface area contributed by atoms with Crippen molar-refractivity contribution < 1.29 is 9.53 Å². The number of ether oxygens (including phenoxy) is 1. The second-order valence-electron chi connectivity index (χ2n) is 6.89. The Bertz CT molecular complexity index is 755. The molecule has 1 aliphatic rings. The Hall–Kier alpha value is -2.17. The molecule has 25 heavy (non-hydrogen) atoms. The lowest BCUT2D eigenvalue weighted by Crippen LogP contribution is -2.48. The van der Waals surface area contributed by atoms with E-state index in [-0.39, 0.29) is 18.1 Å². The fourth-order valence-electron chi connectivity index (χ4n) is 3.28. The van der Waals surface area contributed by atoms with Crippen molar-refractivity contribution in [3.63, 3.8) is 0 Å². The molecule has 2 aromatic rings. The molecule has 2 N–H and O–H groups in total. The van der Waals surface area contributed by atoms with Crippen LogP contribution in [0.5, 0.6) is 0 Å². The molecule has 4 heteroatoms. The lowest BCUT2D eigenvalue weighted by atomic mass is 9.98. The average Bonchev–Trinajstić information content (AvgIpc) is 2.64. The summed E-state index contributed by atoms with van der Waals surface area (Å²) in [7, 11) is 0. The Balaban J connectivity index is 1.82. The van der Waals surface area contributed by atoms with Crippen molar-refractivity contribution in [2.75, 3.05) is 13.2 Å². The van der Waals surface area contributed by atoms with E-state index in [1.54, 1.807) is 0 Å². The molecule has 2 atom stereocenters. The number of nitrogens with two attached hydrogens (primary N) is 1. The molecule has 0 saturated carbocycles. The molecule has 0 aromatic heterocycles. The van der Waals surface area contributed by atoms with E-state index < -0.39 is 0 Å². The van der Waals surface area contributed by atoms with Crippen LogP contribution < -0.4 is 5.73 Å². The van der Waals surface area contributed by atoms with Gasteiger partial charge >= 0.3 is 0 Å². The van der Waals surface area contributed by atoms with E-state index in [2.05, 4.69) is 32.0 Å². The minimum Gasteiger partial charge on any atom is -0.370 e. The summed E-state index contributed by atoms with van der Waals surface area (Å²) in [5, 5.41) is 0. The molecule has 0 unspecified atom stereocenters. The minimum absolute atomic E-state index is 0.0506. The molecule has 1 saturated heterocycles. The first-order chi connectivity index (χ1) is 12.0. The topological polar surface area (TPSA) is 55.6 Å². The maximum atomic E-state index is 13.0. The highest BCUT2D eigenvalue weighted by Crippen LogP contribution is 2.29. The molecule has 2 aromatic carbocycles.